The van der Waals surface area contributed by atoms with Crippen molar-refractivity contribution in [3.63, 3.8) is 0 Å². The molecule has 3 aromatic rings. The summed E-state index contributed by atoms with van der Waals surface area (Å²) >= 11 is 11.9. The van der Waals surface area contributed by atoms with Gasteiger partial charge in [-0.05, 0) is 67.1 Å². The number of hydrogen-bond donors (Lipinski definition) is 0. The third-order valence-corrected chi connectivity index (χ3v) is 5.46. The van der Waals surface area contributed by atoms with Crippen LogP contribution in [0.3, 0.4) is 0 Å². The monoisotopic (exact) mass is 450 g/mol. The van der Waals surface area contributed by atoms with Crippen molar-refractivity contribution in [1.82, 2.24) is 0 Å². The molecule has 0 heterocycles. The number of halogens is 2. The van der Waals surface area contributed by atoms with Crippen molar-refractivity contribution >= 4 is 40.6 Å². The molecule has 156 valence electrons. The van der Waals surface area contributed by atoms with Crippen LogP contribution >= 0.6 is 23.2 Å². The van der Waals surface area contributed by atoms with Gasteiger partial charge in [-0.3, -0.25) is 14.4 Å². The number of carbonyl (C=O) groups is 3. The SMILES string of the molecule is C/C=C/C(=O)[C@@H](c1ccccc1)C(C(=O)c1ccc(Cl)cc1)C(=O)c1ccc(Cl)cc1. The van der Waals surface area contributed by atoms with Gasteiger partial charge < -0.3 is 0 Å². The number of hydrogen-bond acceptors (Lipinski definition) is 3. The number of ketones is 3. The Morgan fingerprint density at radius 1 is 0.710 bits per heavy atom. The summed E-state index contributed by atoms with van der Waals surface area (Å²) in [7, 11) is 0. The number of benzene rings is 3. The molecule has 0 aliphatic heterocycles. The number of allylic oxidation sites excluding steroid dienone is 2. The van der Waals surface area contributed by atoms with Crippen molar-refractivity contribution in [1.29, 1.82) is 0 Å². The van der Waals surface area contributed by atoms with Gasteiger partial charge in [0.05, 0.1) is 11.8 Å². The molecule has 0 bridgehead atoms. The zero-order valence-corrected chi connectivity index (χ0v) is 18.3. The van der Waals surface area contributed by atoms with Crippen molar-refractivity contribution in [2.45, 2.75) is 12.8 Å². The van der Waals surface area contributed by atoms with E-state index in [9.17, 15) is 14.4 Å². The smallest absolute Gasteiger partial charge is 0.174 e. The van der Waals surface area contributed by atoms with E-state index < -0.39 is 23.4 Å². The van der Waals surface area contributed by atoms with E-state index in [1.807, 2.05) is 6.07 Å². The zero-order valence-electron chi connectivity index (χ0n) is 16.8. The Kier molecular flexibility index (Phi) is 7.56. The molecule has 0 fully saturated rings. The predicted octanol–water partition coefficient (Wildman–Crippen LogP) is 6.60. The molecule has 0 radical (unpaired) electrons. The van der Waals surface area contributed by atoms with Crippen LogP contribution in [0.2, 0.25) is 10.0 Å². The fraction of sp³-hybridized carbons (Fsp3) is 0.115. The summed E-state index contributed by atoms with van der Waals surface area (Å²) < 4.78 is 0. The zero-order chi connectivity index (χ0) is 22.4. The molecule has 1 atom stereocenters. The van der Waals surface area contributed by atoms with Gasteiger partial charge in [0.2, 0.25) is 0 Å². The number of rotatable bonds is 8. The molecule has 0 unspecified atom stereocenters. The first-order valence-electron chi connectivity index (χ1n) is 9.73. The Labute approximate surface area is 191 Å². The van der Waals surface area contributed by atoms with E-state index >= 15 is 0 Å². The molecule has 31 heavy (non-hydrogen) atoms. The fourth-order valence-electron chi connectivity index (χ4n) is 3.46. The largest absolute Gasteiger partial charge is 0.294 e. The van der Waals surface area contributed by atoms with Crippen molar-refractivity contribution < 1.29 is 14.4 Å². The average molecular weight is 451 g/mol. The molecule has 0 spiro atoms. The van der Waals surface area contributed by atoms with Gasteiger partial charge in [-0.2, -0.15) is 0 Å². The molecule has 3 nitrogen and oxygen atoms in total. The summed E-state index contributed by atoms with van der Waals surface area (Å²) in [5.41, 5.74) is 1.22. The molecule has 0 amide bonds. The molecule has 3 rings (SSSR count). The van der Waals surface area contributed by atoms with Crippen molar-refractivity contribution in [2.24, 2.45) is 5.92 Å². The number of Topliss-reactive ketones (excluding diaryl/α,β-unsaturated/α-hetero) is 2. The third-order valence-electron chi connectivity index (χ3n) is 4.95. The van der Waals surface area contributed by atoms with Crippen molar-refractivity contribution in [2.75, 3.05) is 0 Å². The maximum Gasteiger partial charge on any atom is 0.174 e. The van der Waals surface area contributed by atoms with E-state index in [-0.39, 0.29) is 5.78 Å². The van der Waals surface area contributed by atoms with Crippen LogP contribution in [0, 0.1) is 5.92 Å². The molecular weight excluding hydrogens is 431 g/mol. The summed E-state index contributed by atoms with van der Waals surface area (Å²) in [5, 5.41) is 0.948. The van der Waals surface area contributed by atoms with Gasteiger partial charge in [0.25, 0.3) is 0 Å². The second kappa shape index (κ2) is 10.3. The summed E-state index contributed by atoms with van der Waals surface area (Å²) in [4.78, 5) is 40.3. The van der Waals surface area contributed by atoms with Gasteiger partial charge in [0, 0.05) is 21.2 Å². The highest BCUT2D eigenvalue weighted by atomic mass is 35.5. The maximum atomic E-state index is 13.6. The Morgan fingerprint density at radius 3 is 1.58 bits per heavy atom. The highest BCUT2D eigenvalue weighted by molar-refractivity contribution is 6.31. The number of carbonyl (C=O) groups excluding carboxylic acids is 3. The van der Waals surface area contributed by atoms with Crippen molar-refractivity contribution in [3.05, 3.63) is 118 Å². The van der Waals surface area contributed by atoms with Crippen LogP contribution in [-0.4, -0.2) is 17.3 Å². The molecular formula is C26H20Cl2O3. The first-order chi connectivity index (χ1) is 14.9. The highest BCUT2D eigenvalue weighted by Gasteiger charge is 2.39. The quantitative estimate of drug-likeness (QED) is 0.220. The van der Waals surface area contributed by atoms with Crippen LogP contribution in [0.4, 0.5) is 0 Å². The average Bonchev–Trinajstić information content (AvgIpc) is 2.78. The van der Waals surface area contributed by atoms with Crippen LogP contribution in [0.15, 0.2) is 91.0 Å². The molecule has 0 saturated carbocycles. The van der Waals surface area contributed by atoms with Crippen molar-refractivity contribution in [3.8, 4) is 0 Å². The van der Waals surface area contributed by atoms with Gasteiger partial charge in [0.1, 0.15) is 0 Å². The van der Waals surface area contributed by atoms with E-state index in [0.717, 1.165) is 0 Å². The van der Waals surface area contributed by atoms with E-state index in [1.165, 1.54) is 6.08 Å². The second-order valence-corrected chi connectivity index (χ2v) is 7.88. The lowest BCUT2D eigenvalue weighted by Gasteiger charge is -2.24. The molecule has 0 aromatic heterocycles. The Morgan fingerprint density at radius 2 is 1.16 bits per heavy atom. The van der Waals surface area contributed by atoms with Crippen LogP contribution < -0.4 is 0 Å². The highest BCUT2D eigenvalue weighted by Crippen LogP contribution is 2.33. The topological polar surface area (TPSA) is 51.2 Å². The lowest BCUT2D eigenvalue weighted by Crippen LogP contribution is -2.34. The van der Waals surface area contributed by atoms with Gasteiger partial charge in [-0.1, -0.05) is 59.6 Å². The second-order valence-electron chi connectivity index (χ2n) is 7.01. The fourth-order valence-corrected chi connectivity index (χ4v) is 3.71. The van der Waals surface area contributed by atoms with Gasteiger partial charge >= 0.3 is 0 Å². The summed E-state index contributed by atoms with van der Waals surface area (Å²) in [6.07, 6.45) is 3.00. The molecule has 0 aliphatic carbocycles. The summed E-state index contributed by atoms with van der Waals surface area (Å²) in [6.45, 7) is 1.72. The van der Waals surface area contributed by atoms with Crippen LogP contribution in [0.25, 0.3) is 0 Å². The van der Waals surface area contributed by atoms with Crippen LogP contribution in [-0.2, 0) is 4.79 Å². The van der Waals surface area contributed by atoms with Crippen LogP contribution in [0.5, 0.6) is 0 Å². The van der Waals surface area contributed by atoms with E-state index in [2.05, 4.69) is 0 Å². The van der Waals surface area contributed by atoms with Gasteiger partial charge in [-0.15, -0.1) is 0 Å². The van der Waals surface area contributed by atoms with E-state index in [0.29, 0.717) is 26.7 Å². The minimum atomic E-state index is -1.24. The molecule has 0 saturated heterocycles. The lowest BCUT2D eigenvalue weighted by atomic mass is 9.75. The lowest BCUT2D eigenvalue weighted by molar-refractivity contribution is -0.116. The first-order valence-corrected chi connectivity index (χ1v) is 10.5. The normalized spacial score (nSPS) is 12.1. The summed E-state index contributed by atoms with van der Waals surface area (Å²) in [5.74, 6) is -3.41. The van der Waals surface area contributed by atoms with Crippen LogP contribution in [0.1, 0.15) is 39.1 Å². The Bertz CT molecular complexity index is 1040. The Hall–Kier alpha value is -3.01. The minimum absolute atomic E-state index is 0.311. The Balaban J connectivity index is 2.17. The first kappa shape index (κ1) is 22.7. The molecule has 3 aromatic carbocycles. The predicted molar refractivity (Wildman–Crippen MR) is 124 cm³/mol. The summed E-state index contributed by atoms with van der Waals surface area (Å²) in [6, 6.07) is 21.5. The van der Waals surface area contributed by atoms with E-state index in [4.69, 9.17) is 23.2 Å². The molecule has 0 aliphatic rings. The van der Waals surface area contributed by atoms with Gasteiger partial charge in [0.15, 0.2) is 17.3 Å². The van der Waals surface area contributed by atoms with Gasteiger partial charge in [-0.25, -0.2) is 0 Å². The standard InChI is InChI=1S/C26H20Cl2O3/c1-2-6-22(29)23(17-7-4-3-5-8-17)24(25(30)18-9-13-20(27)14-10-18)26(31)19-11-15-21(28)16-12-19/h2-16,23-24H,1H3/b6-2+/t23-/m1/s1. The molecule has 0 N–H and O–H groups in total. The molecule has 5 heteroatoms. The minimum Gasteiger partial charge on any atom is -0.294 e. The third kappa shape index (κ3) is 5.38. The van der Waals surface area contributed by atoms with E-state index in [1.54, 1.807) is 85.8 Å². The maximum absolute atomic E-state index is 13.6.